The Hall–Kier alpha value is -3.85. The Kier molecular flexibility index (Phi) is 5.85. The van der Waals surface area contributed by atoms with Gasteiger partial charge >= 0.3 is 5.97 Å². The van der Waals surface area contributed by atoms with Gasteiger partial charge in [-0.25, -0.2) is 4.98 Å². The number of hydrogen-bond acceptors (Lipinski definition) is 7. The lowest BCUT2D eigenvalue weighted by Gasteiger charge is -2.07. The third-order valence-corrected chi connectivity index (χ3v) is 5.61. The standard InChI is InChI=1S/C22H17N3O5S/c26-19(30-10-9-15-5-2-1-3-6-15)12-24-14-23-21-20(22(24)27)18(13-31-21)16-7-4-8-17(11-16)25(28)29/h1-8,11,13-14H,9-10,12H2. The lowest BCUT2D eigenvalue weighted by atomic mass is 10.1. The number of hydrogen-bond donors (Lipinski definition) is 0. The number of carbonyl (C=O) groups excluding carboxylic acids is 1. The van der Waals surface area contributed by atoms with Crippen molar-refractivity contribution < 1.29 is 14.5 Å². The number of carbonyl (C=O) groups is 1. The highest BCUT2D eigenvalue weighted by atomic mass is 32.1. The molecule has 8 nitrogen and oxygen atoms in total. The van der Waals surface area contributed by atoms with Crippen molar-refractivity contribution in [3.8, 4) is 11.1 Å². The van der Waals surface area contributed by atoms with Gasteiger partial charge in [0.25, 0.3) is 11.2 Å². The highest BCUT2D eigenvalue weighted by Crippen LogP contribution is 2.32. The van der Waals surface area contributed by atoms with Crippen LogP contribution in [0.4, 0.5) is 5.69 Å². The molecule has 4 aromatic rings. The Labute approximate surface area is 180 Å². The van der Waals surface area contributed by atoms with Gasteiger partial charge in [0.1, 0.15) is 11.4 Å². The molecule has 0 bridgehead atoms. The van der Waals surface area contributed by atoms with Crippen LogP contribution in [-0.2, 0) is 22.5 Å². The average Bonchev–Trinajstić information content (AvgIpc) is 3.21. The predicted molar refractivity (Wildman–Crippen MR) is 117 cm³/mol. The molecule has 156 valence electrons. The topological polar surface area (TPSA) is 104 Å². The lowest BCUT2D eigenvalue weighted by Crippen LogP contribution is -2.26. The maximum Gasteiger partial charge on any atom is 0.326 e. The minimum atomic E-state index is -0.536. The zero-order valence-electron chi connectivity index (χ0n) is 16.3. The molecule has 0 N–H and O–H groups in total. The average molecular weight is 435 g/mol. The van der Waals surface area contributed by atoms with Gasteiger partial charge in [-0.2, -0.15) is 0 Å². The van der Waals surface area contributed by atoms with Gasteiger partial charge in [0.2, 0.25) is 0 Å². The summed E-state index contributed by atoms with van der Waals surface area (Å²) in [6.45, 7) is -0.0502. The molecule has 0 saturated heterocycles. The van der Waals surface area contributed by atoms with E-state index in [1.807, 2.05) is 30.3 Å². The van der Waals surface area contributed by atoms with Crippen molar-refractivity contribution in [3.63, 3.8) is 0 Å². The Morgan fingerprint density at radius 2 is 1.97 bits per heavy atom. The molecule has 2 aromatic carbocycles. The molecule has 2 heterocycles. The van der Waals surface area contributed by atoms with Crippen molar-refractivity contribution in [1.29, 1.82) is 0 Å². The molecule has 0 spiro atoms. The van der Waals surface area contributed by atoms with Crippen LogP contribution in [0.5, 0.6) is 0 Å². The largest absolute Gasteiger partial charge is 0.464 e. The maximum absolute atomic E-state index is 13.0. The number of nitro benzene ring substituents is 1. The maximum atomic E-state index is 13.0. The third-order valence-electron chi connectivity index (χ3n) is 4.72. The number of nitro groups is 1. The first kappa shape index (κ1) is 20.4. The SMILES string of the molecule is O=C(Cn1cnc2scc(-c3cccc([N+](=O)[O-])c3)c2c1=O)OCCc1ccccc1. The third kappa shape index (κ3) is 4.51. The molecular weight excluding hydrogens is 418 g/mol. The summed E-state index contributed by atoms with van der Waals surface area (Å²) in [6, 6.07) is 15.7. The first-order valence-electron chi connectivity index (χ1n) is 9.44. The molecule has 2 aromatic heterocycles. The summed E-state index contributed by atoms with van der Waals surface area (Å²) in [4.78, 5) is 40.6. The molecular formula is C22H17N3O5S. The van der Waals surface area contributed by atoms with E-state index >= 15 is 0 Å². The Balaban J connectivity index is 1.54. The van der Waals surface area contributed by atoms with E-state index in [4.69, 9.17) is 4.74 Å². The highest BCUT2D eigenvalue weighted by Gasteiger charge is 2.17. The summed E-state index contributed by atoms with van der Waals surface area (Å²) in [5, 5.41) is 13.1. The molecule has 0 amide bonds. The van der Waals surface area contributed by atoms with Gasteiger partial charge in [-0.3, -0.25) is 24.3 Å². The zero-order chi connectivity index (χ0) is 21.8. The molecule has 31 heavy (non-hydrogen) atoms. The predicted octanol–water partition coefficient (Wildman–Crippen LogP) is 3.82. The smallest absolute Gasteiger partial charge is 0.326 e. The van der Waals surface area contributed by atoms with Crippen LogP contribution in [0.15, 0.2) is 71.1 Å². The van der Waals surface area contributed by atoms with Crippen molar-refractivity contribution in [2.45, 2.75) is 13.0 Å². The fourth-order valence-corrected chi connectivity index (χ4v) is 4.10. The van der Waals surface area contributed by atoms with Gasteiger partial charge in [-0.05, 0) is 11.1 Å². The van der Waals surface area contributed by atoms with Crippen LogP contribution in [0.3, 0.4) is 0 Å². The molecule has 0 aliphatic heterocycles. The van der Waals surface area contributed by atoms with E-state index in [0.29, 0.717) is 27.8 Å². The summed E-state index contributed by atoms with van der Waals surface area (Å²) in [7, 11) is 0. The van der Waals surface area contributed by atoms with Crippen molar-refractivity contribution in [3.05, 3.63) is 92.3 Å². The summed E-state index contributed by atoms with van der Waals surface area (Å²) in [6.07, 6.45) is 1.90. The number of aromatic nitrogens is 2. The number of nitrogens with zero attached hydrogens (tertiary/aromatic N) is 3. The van der Waals surface area contributed by atoms with E-state index in [-0.39, 0.29) is 18.8 Å². The van der Waals surface area contributed by atoms with Gasteiger partial charge in [-0.15, -0.1) is 11.3 Å². The first-order chi connectivity index (χ1) is 15.0. The molecule has 0 radical (unpaired) electrons. The number of fused-ring (bicyclic) bond motifs is 1. The van der Waals surface area contributed by atoms with Crippen molar-refractivity contribution in [2.75, 3.05) is 6.61 Å². The summed E-state index contributed by atoms with van der Waals surface area (Å²) in [5.41, 5.74) is 1.68. The minimum Gasteiger partial charge on any atom is -0.464 e. The molecule has 0 fully saturated rings. The van der Waals surface area contributed by atoms with Crippen LogP contribution in [0.25, 0.3) is 21.3 Å². The lowest BCUT2D eigenvalue weighted by molar-refractivity contribution is -0.384. The number of benzene rings is 2. The van der Waals surface area contributed by atoms with E-state index in [2.05, 4.69) is 4.98 Å². The number of non-ortho nitro benzene ring substituents is 1. The van der Waals surface area contributed by atoms with Crippen molar-refractivity contribution in [1.82, 2.24) is 9.55 Å². The van der Waals surface area contributed by atoms with E-state index < -0.39 is 16.5 Å². The van der Waals surface area contributed by atoms with E-state index in [1.54, 1.807) is 17.5 Å². The molecule has 0 aliphatic rings. The number of esters is 1. The van der Waals surface area contributed by atoms with Crippen LogP contribution in [0.1, 0.15) is 5.56 Å². The van der Waals surface area contributed by atoms with Gasteiger partial charge in [-0.1, -0.05) is 42.5 Å². The molecule has 9 heteroatoms. The number of ether oxygens (including phenoxy) is 1. The Bertz CT molecular complexity index is 1310. The van der Waals surface area contributed by atoms with E-state index in [9.17, 15) is 19.7 Å². The van der Waals surface area contributed by atoms with Crippen LogP contribution in [0, 0.1) is 10.1 Å². The quantitative estimate of drug-likeness (QED) is 0.248. The fraction of sp³-hybridized carbons (Fsp3) is 0.136. The van der Waals surface area contributed by atoms with Crippen LogP contribution in [-0.4, -0.2) is 27.1 Å². The van der Waals surface area contributed by atoms with Gasteiger partial charge in [0, 0.05) is 29.5 Å². The van der Waals surface area contributed by atoms with Crippen molar-refractivity contribution >= 4 is 33.2 Å². The highest BCUT2D eigenvalue weighted by molar-refractivity contribution is 7.17. The number of rotatable bonds is 7. The summed E-state index contributed by atoms with van der Waals surface area (Å²) >= 11 is 1.27. The molecule has 0 atom stereocenters. The van der Waals surface area contributed by atoms with Gasteiger partial charge in [0.05, 0.1) is 23.2 Å². The van der Waals surface area contributed by atoms with E-state index in [0.717, 1.165) is 5.56 Å². The van der Waals surface area contributed by atoms with Gasteiger partial charge in [0.15, 0.2) is 0 Å². The zero-order valence-corrected chi connectivity index (χ0v) is 17.1. The Morgan fingerprint density at radius 1 is 1.16 bits per heavy atom. The molecule has 0 unspecified atom stereocenters. The summed E-state index contributed by atoms with van der Waals surface area (Å²) in [5.74, 6) is -0.536. The number of thiophene rings is 1. The normalized spacial score (nSPS) is 10.8. The molecule has 4 rings (SSSR count). The molecule has 0 aliphatic carbocycles. The second-order valence-corrected chi connectivity index (χ2v) is 7.63. The second kappa shape index (κ2) is 8.88. The fourth-order valence-electron chi connectivity index (χ4n) is 3.19. The first-order valence-corrected chi connectivity index (χ1v) is 10.3. The monoisotopic (exact) mass is 435 g/mol. The summed E-state index contributed by atoms with van der Waals surface area (Å²) < 4.78 is 6.45. The van der Waals surface area contributed by atoms with Crippen LogP contribution < -0.4 is 5.56 Å². The Morgan fingerprint density at radius 3 is 2.74 bits per heavy atom. The van der Waals surface area contributed by atoms with Gasteiger partial charge < -0.3 is 4.74 Å². The van der Waals surface area contributed by atoms with Crippen molar-refractivity contribution in [2.24, 2.45) is 0 Å². The second-order valence-electron chi connectivity index (χ2n) is 6.77. The van der Waals surface area contributed by atoms with Crippen LogP contribution >= 0.6 is 11.3 Å². The molecule has 0 saturated carbocycles. The van der Waals surface area contributed by atoms with Crippen LogP contribution in [0.2, 0.25) is 0 Å². The minimum absolute atomic E-state index is 0.0666. The van der Waals surface area contributed by atoms with E-state index in [1.165, 1.54) is 34.4 Å².